The molecule has 0 fully saturated rings. The van der Waals surface area contributed by atoms with Crippen LogP contribution in [0.3, 0.4) is 0 Å². The lowest BCUT2D eigenvalue weighted by Gasteiger charge is -2.23. The first-order valence-electron chi connectivity index (χ1n) is 6.37. The number of carbonyl (C=O) groups excluding carboxylic acids is 1. The molecule has 108 valence electrons. The summed E-state index contributed by atoms with van der Waals surface area (Å²) in [6, 6.07) is 3.18. The molecule has 20 heavy (non-hydrogen) atoms. The maximum Gasteiger partial charge on any atom is 0.227 e. The van der Waals surface area contributed by atoms with Crippen LogP contribution in [0, 0.1) is 22.9 Å². The maximum absolute atomic E-state index is 13.6. The molecule has 0 bridgehead atoms. The van der Waals surface area contributed by atoms with E-state index in [2.05, 4.69) is 10.3 Å². The lowest BCUT2D eigenvalue weighted by molar-refractivity contribution is -0.129. The number of nitrogens with zero attached hydrogens (tertiary/aromatic N) is 1. The van der Waals surface area contributed by atoms with Crippen LogP contribution in [0.4, 0.5) is 4.39 Å². The Bertz CT molecular complexity index is 730. The van der Waals surface area contributed by atoms with Gasteiger partial charge in [0, 0.05) is 13.6 Å². The van der Waals surface area contributed by atoms with Crippen LogP contribution in [-0.2, 0) is 11.3 Å². The molecule has 0 spiro atoms. The third-order valence-electron chi connectivity index (χ3n) is 3.45. The van der Waals surface area contributed by atoms with Crippen LogP contribution in [0.5, 0.6) is 0 Å². The number of hydrogen-bond acceptors (Lipinski definition) is 2. The highest BCUT2D eigenvalue weighted by molar-refractivity contribution is 7.71. The molecular weight excluding hydrogens is 277 g/mol. The molecule has 0 aliphatic carbocycles. The highest BCUT2D eigenvalue weighted by Crippen LogP contribution is 2.24. The zero-order valence-electron chi connectivity index (χ0n) is 12.0. The van der Waals surface area contributed by atoms with E-state index in [0.29, 0.717) is 22.4 Å². The van der Waals surface area contributed by atoms with Crippen LogP contribution in [0.1, 0.15) is 19.4 Å². The van der Waals surface area contributed by atoms with E-state index in [4.69, 9.17) is 12.2 Å². The van der Waals surface area contributed by atoms with Gasteiger partial charge in [-0.25, -0.2) is 4.39 Å². The van der Waals surface area contributed by atoms with Crippen molar-refractivity contribution in [3.8, 4) is 0 Å². The van der Waals surface area contributed by atoms with Gasteiger partial charge >= 0.3 is 0 Å². The summed E-state index contributed by atoms with van der Waals surface area (Å²) in [5.74, 6) is -0.334. The minimum Gasteiger partial charge on any atom is -0.359 e. The van der Waals surface area contributed by atoms with E-state index in [9.17, 15) is 9.18 Å². The number of aromatic nitrogens is 2. The maximum atomic E-state index is 13.6. The summed E-state index contributed by atoms with van der Waals surface area (Å²) in [4.78, 5) is 14.9. The summed E-state index contributed by atoms with van der Waals surface area (Å²) in [5, 5.41) is 2.65. The molecule has 0 aliphatic heterocycles. The number of fused-ring (bicyclic) bond motifs is 1. The predicted molar refractivity (Wildman–Crippen MR) is 79.7 cm³/mol. The van der Waals surface area contributed by atoms with E-state index in [-0.39, 0.29) is 11.7 Å². The fourth-order valence-electron chi connectivity index (χ4n) is 2.24. The second-order valence-corrected chi connectivity index (χ2v) is 5.98. The Morgan fingerprint density at radius 1 is 1.50 bits per heavy atom. The van der Waals surface area contributed by atoms with E-state index < -0.39 is 5.41 Å². The first-order chi connectivity index (χ1) is 9.26. The smallest absolute Gasteiger partial charge is 0.227 e. The fourth-order valence-corrected chi connectivity index (χ4v) is 2.52. The Balaban J connectivity index is 2.55. The van der Waals surface area contributed by atoms with Gasteiger partial charge in [0.05, 0.1) is 16.4 Å². The lowest BCUT2D eigenvalue weighted by Crippen LogP contribution is -2.37. The molecular formula is C14H18FN3OS. The minimum absolute atomic E-state index is 0.0624. The summed E-state index contributed by atoms with van der Waals surface area (Å²) in [7, 11) is 1.61. The molecule has 0 radical (unpaired) electrons. The normalized spacial score (nSPS) is 11.8. The summed E-state index contributed by atoms with van der Waals surface area (Å²) >= 11 is 5.28. The van der Waals surface area contributed by atoms with Gasteiger partial charge in [-0.05, 0) is 50.7 Å². The summed E-state index contributed by atoms with van der Waals surface area (Å²) in [6.07, 6.45) is 0. The summed E-state index contributed by atoms with van der Waals surface area (Å²) < 4.78 is 15.9. The van der Waals surface area contributed by atoms with Crippen molar-refractivity contribution in [1.82, 2.24) is 14.9 Å². The summed E-state index contributed by atoms with van der Waals surface area (Å²) in [6.45, 7) is 5.83. The molecule has 2 aromatic rings. The number of rotatable bonds is 3. The number of aryl methyl sites for hydroxylation is 1. The van der Waals surface area contributed by atoms with E-state index in [1.165, 1.54) is 6.07 Å². The van der Waals surface area contributed by atoms with Gasteiger partial charge in [0.25, 0.3) is 0 Å². The number of amides is 1. The van der Waals surface area contributed by atoms with Crippen LogP contribution in [-0.4, -0.2) is 22.5 Å². The molecule has 1 amide bonds. The highest BCUT2D eigenvalue weighted by atomic mass is 32.1. The van der Waals surface area contributed by atoms with E-state index >= 15 is 0 Å². The Morgan fingerprint density at radius 2 is 2.15 bits per heavy atom. The zero-order valence-corrected chi connectivity index (χ0v) is 12.8. The standard InChI is InChI=1S/C14H18FN3OS/c1-8-5-11-10(6-9(8)15)17-13(20)18(11)7-14(2,3)12(19)16-4/h5-6H,7H2,1-4H3,(H,16,19)(H,17,20). The molecule has 0 aliphatic rings. The van der Waals surface area contributed by atoms with Crippen LogP contribution in [0.15, 0.2) is 12.1 Å². The quantitative estimate of drug-likeness (QED) is 0.855. The number of halogens is 1. The lowest BCUT2D eigenvalue weighted by atomic mass is 9.92. The molecule has 2 rings (SSSR count). The van der Waals surface area contributed by atoms with Crippen molar-refractivity contribution in [2.45, 2.75) is 27.3 Å². The van der Waals surface area contributed by atoms with E-state index in [0.717, 1.165) is 5.52 Å². The molecule has 1 aromatic carbocycles. The molecule has 4 nitrogen and oxygen atoms in total. The van der Waals surface area contributed by atoms with Crippen molar-refractivity contribution in [3.05, 3.63) is 28.3 Å². The van der Waals surface area contributed by atoms with Gasteiger partial charge in [-0.2, -0.15) is 0 Å². The number of imidazole rings is 1. The monoisotopic (exact) mass is 295 g/mol. The van der Waals surface area contributed by atoms with Gasteiger partial charge in [0.1, 0.15) is 5.82 Å². The number of H-pyrrole nitrogens is 1. The largest absolute Gasteiger partial charge is 0.359 e. The first-order valence-corrected chi connectivity index (χ1v) is 6.78. The molecule has 0 saturated heterocycles. The Kier molecular flexibility index (Phi) is 3.69. The number of nitrogens with one attached hydrogen (secondary N) is 2. The molecule has 1 heterocycles. The average molecular weight is 295 g/mol. The molecule has 6 heteroatoms. The third kappa shape index (κ3) is 2.47. The summed E-state index contributed by atoms with van der Waals surface area (Å²) in [5.41, 5.74) is 1.40. The Morgan fingerprint density at radius 3 is 2.75 bits per heavy atom. The first kappa shape index (κ1) is 14.7. The highest BCUT2D eigenvalue weighted by Gasteiger charge is 2.28. The third-order valence-corrected chi connectivity index (χ3v) is 3.77. The van der Waals surface area contributed by atoms with Gasteiger partial charge in [-0.3, -0.25) is 4.79 Å². The molecule has 0 atom stereocenters. The molecule has 0 unspecified atom stereocenters. The van der Waals surface area contributed by atoms with E-state index in [1.807, 2.05) is 18.4 Å². The van der Waals surface area contributed by atoms with Crippen molar-refractivity contribution in [2.24, 2.45) is 5.41 Å². The van der Waals surface area contributed by atoms with Crippen molar-refractivity contribution in [1.29, 1.82) is 0 Å². The van der Waals surface area contributed by atoms with Crippen molar-refractivity contribution < 1.29 is 9.18 Å². The predicted octanol–water partition coefficient (Wildman–Crippen LogP) is 2.92. The van der Waals surface area contributed by atoms with Crippen LogP contribution >= 0.6 is 12.2 Å². The van der Waals surface area contributed by atoms with Crippen LogP contribution < -0.4 is 5.32 Å². The van der Waals surface area contributed by atoms with E-state index in [1.54, 1.807) is 20.0 Å². The van der Waals surface area contributed by atoms with Crippen molar-refractivity contribution in [2.75, 3.05) is 7.05 Å². The van der Waals surface area contributed by atoms with Crippen LogP contribution in [0.2, 0.25) is 0 Å². The second-order valence-electron chi connectivity index (χ2n) is 5.60. The number of hydrogen-bond donors (Lipinski definition) is 2. The van der Waals surface area contributed by atoms with Gasteiger partial charge < -0.3 is 14.9 Å². The molecule has 2 N–H and O–H groups in total. The average Bonchev–Trinajstić information content (AvgIpc) is 2.65. The second kappa shape index (κ2) is 5.01. The Labute approximate surface area is 122 Å². The van der Waals surface area contributed by atoms with Crippen molar-refractivity contribution in [3.63, 3.8) is 0 Å². The van der Waals surface area contributed by atoms with Crippen LogP contribution in [0.25, 0.3) is 11.0 Å². The minimum atomic E-state index is -0.607. The SMILES string of the molecule is CNC(=O)C(C)(C)Cn1c(=S)[nH]c2cc(F)c(C)cc21. The zero-order chi connectivity index (χ0) is 15.1. The fraction of sp³-hybridized carbons (Fsp3) is 0.429. The van der Waals surface area contributed by atoms with Crippen molar-refractivity contribution >= 4 is 29.2 Å². The van der Waals surface area contributed by atoms with Gasteiger partial charge in [0.2, 0.25) is 5.91 Å². The number of carbonyl (C=O) groups is 1. The Hall–Kier alpha value is -1.69. The molecule has 1 aromatic heterocycles. The van der Waals surface area contributed by atoms with Gasteiger partial charge in [0.15, 0.2) is 4.77 Å². The topological polar surface area (TPSA) is 49.8 Å². The number of benzene rings is 1. The molecule has 0 saturated carbocycles. The number of aromatic amines is 1. The van der Waals surface area contributed by atoms with Gasteiger partial charge in [-0.15, -0.1) is 0 Å². The van der Waals surface area contributed by atoms with Gasteiger partial charge in [-0.1, -0.05) is 0 Å².